The van der Waals surface area contributed by atoms with Gasteiger partial charge in [-0.1, -0.05) is 24.3 Å². The van der Waals surface area contributed by atoms with Crippen molar-refractivity contribution >= 4 is 5.91 Å². The van der Waals surface area contributed by atoms with Crippen molar-refractivity contribution in [3.05, 3.63) is 68.5 Å². The van der Waals surface area contributed by atoms with E-state index in [1.54, 1.807) is 0 Å². The van der Waals surface area contributed by atoms with E-state index in [-0.39, 0.29) is 18.5 Å². The molecule has 0 bridgehead atoms. The predicted molar refractivity (Wildman–Crippen MR) is 94.4 cm³/mol. The van der Waals surface area contributed by atoms with Gasteiger partial charge >= 0.3 is 5.69 Å². The summed E-state index contributed by atoms with van der Waals surface area (Å²) in [7, 11) is 0. The van der Waals surface area contributed by atoms with Crippen LogP contribution in [0.1, 0.15) is 18.1 Å². The molecule has 0 radical (unpaired) electrons. The summed E-state index contributed by atoms with van der Waals surface area (Å²) in [6.07, 6.45) is 2.34. The minimum Gasteiger partial charge on any atom is -0.353 e. The molecular formula is C18H22N4O3. The number of benzene rings is 1. The van der Waals surface area contributed by atoms with Crippen LogP contribution in [0.2, 0.25) is 0 Å². The SMILES string of the molecule is C[C@H](CNC(=O)Cn1ccc(=O)[nH]c1=O)N1CCc2ccccc2C1. The minimum atomic E-state index is -0.580. The van der Waals surface area contributed by atoms with E-state index in [2.05, 4.69) is 46.4 Å². The molecule has 2 aromatic rings. The number of rotatable bonds is 5. The zero-order chi connectivity index (χ0) is 17.8. The van der Waals surface area contributed by atoms with Gasteiger partial charge in [-0.25, -0.2) is 4.79 Å². The largest absolute Gasteiger partial charge is 0.353 e. The smallest absolute Gasteiger partial charge is 0.328 e. The van der Waals surface area contributed by atoms with Crippen LogP contribution in [0.4, 0.5) is 0 Å². The highest BCUT2D eigenvalue weighted by Gasteiger charge is 2.20. The number of aromatic amines is 1. The second-order valence-corrected chi connectivity index (χ2v) is 6.38. The van der Waals surface area contributed by atoms with Gasteiger partial charge in [-0.3, -0.25) is 24.0 Å². The number of H-pyrrole nitrogens is 1. The number of hydrogen-bond acceptors (Lipinski definition) is 4. The molecule has 1 aromatic heterocycles. The average molecular weight is 342 g/mol. The lowest BCUT2D eigenvalue weighted by molar-refractivity contribution is -0.122. The molecule has 3 rings (SSSR count). The summed E-state index contributed by atoms with van der Waals surface area (Å²) in [4.78, 5) is 39.2. The maximum atomic E-state index is 12.1. The lowest BCUT2D eigenvalue weighted by atomic mass is 9.99. The molecule has 1 aliphatic heterocycles. The number of nitrogens with one attached hydrogen (secondary N) is 2. The van der Waals surface area contributed by atoms with E-state index in [9.17, 15) is 14.4 Å². The topological polar surface area (TPSA) is 87.2 Å². The number of carbonyl (C=O) groups is 1. The zero-order valence-corrected chi connectivity index (χ0v) is 14.2. The number of fused-ring (bicyclic) bond motifs is 1. The van der Waals surface area contributed by atoms with Crippen molar-refractivity contribution in [3.8, 4) is 0 Å². The monoisotopic (exact) mass is 342 g/mol. The Hall–Kier alpha value is -2.67. The maximum absolute atomic E-state index is 12.1. The van der Waals surface area contributed by atoms with Gasteiger partial charge in [-0.05, 0) is 24.5 Å². The third-order valence-corrected chi connectivity index (χ3v) is 4.59. The van der Waals surface area contributed by atoms with Gasteiger partial charge < -0.3 is 5.32 Å². The highest BCUT2D eigenvalue weighted by atomic mass is 16.2. The van der Waals surface area contributed by atoms with E-state index in [4.69, 9.17) is 0 Å². The first-order valence-electron chi connectivity index (χ1n) is 8.40. The molecule has 0 spiro atoms. The Morgan fingerprint density at radius 2 is 2.00 bits per heavy atom. The summed E-state index contributed by atoms with van der Waals surface area (Å²) in [6.45, 7) is 4.34. The van der Waals surface area contributed by atoms with Gasteiger partial charge in [0.2, 0.25) is 5.91 Å². The van der Waals surface area contributed by atoms with Crippen LogP contribution in [0.5, 0.6) is 0 Å². The fourth-order valence-corrected chi connectivity index (χ4v) is 3.06. The summed E-state index contributed by atoms with van der Waals surface area (Å²) in [5, 5.41) is 2.86. The van der Waals surface area contributed by atoms with Crippen LogP contribution < -0.4 is 16.6 Å². The third-order valence-electron chi connectivity index (χ3n) is 4.59. The van der Waals surface area contributed by atoms with E-state index in [0.717, 1.165) is 19.5 Å². The van der Waals surface area contributed by atoms with E-state index in [0.29, 0.717) is 6.54 Å². The molecule has 2 N–H and O–H groups in total. The molecule has 1 atom stereocenters. The molecule has 25 heavy (non-hydrogen) atoms. The highest BCUT2D eigenvalue weighted by Crippen LogP contribution is 2.19. The Balaban J connectivity index is 1.52. The Morgan fingerprint density at radius 3 is 2.76 bits per heavy atom. The normalized spacial score (nSPS) is 15.4. The highest BCUT2D eigenvalue weighted by molar-refractivity contribution is 5.75. The lowest BCUT2D eigenvalue weighted by Gasteiger charge is -2.33. The van der Waals surface area contributed by atoms with Crippen molar-refractivity contribution in [3.63, 3.8) is 0 Å². The fourth-order valence-electron chi connectivity index (χ4n) is 3.06. The van der Waals surface area contributed by atoms with Crippen LogP contribution >= 0.6 is 0 Å². The second kappa shape index (κ2) is 7.48. The molecule has 0 aliphatic carbocycles. The molecule has 0 saturated heterocycles. The van der Waals surface area contributed by atoms with Gasteiger partial charge in [0.25, 0.3) is 5.56 Å². The first-order chi connectivity index (χ1) is 12.0. The average Bonchev–Trinajstić information content (AvgIpc) is 2.61. The Kier molecular flexibility index (Phi) is 5.14. The van der Waals surface area contributed by atoms with Crippen molar-refractivity contribution < 1.29 is 4.79 Å². The molecule has 7 heteroatoms. The molecule has 2 heterocycles. The van der Waals surface area contributed by atoms with Crippen molar-refractivity contribution in [2.45, 2.75) is 32.5 Å². The van der Waals surface area contributed by atoms with Crippen molar-refractivity contribution in [2.24, 2.45) is 0 Å². The fraction of sp³-hybridized carbons (Fsp3) is 0.389. The van der Waals surface area contributed by atoms with E-state index < -0.39 is 11.2 Å². The number of amides is 1. The van der Waals surface area contributed by atoms with Gasteiger partial charge in [-0.15, -0.1) is 0 Å². The number of carbonyl (C=O) groups excluding carboxylic acids is 1. The number of aromatic nitrogens is 2. The van der Waals surface area contributed by atoms with Crippen LogP contribution in [0.15, 0.2) is 46.1 Å². The molecule has 132 valence electrons. The van der Waals surface area contributed by atoms with Crippen LogP contribution in [0.25, 0.3) is 0 Å². The maximum Gasteiger partial charge on any atom is 0.328 e. The summed E-state index contributed by atoms with van der Waals surface area (Å²) < 4.78 is 1.18. The van der Waals surface area contributed by atoms with Crippen LogP contribution in [-0.4, -0.2) is 39.5 Å². The van der Waals surface area contributed by atoms with Crippen molar-refractivity contribution in [1.29, 1.82) is 0 Å². The van der Waals surface area contributed by atoms with Crippen LogP contribution in [0.3, 0.4) is 0 Å². The molecule has 0 unspecified atom stereocenters. The molecule has 7 nitrogen and oxygen atoms in total. The molecule has 1 amide bonds. The quantitative estimate of drug-likeness (QED) is 0.807. The van der Waals surface area contributed by atoms with E-state index in [1.165, 1.54) is 28.0 Å². The third kappa shape index (κ3) is 4.24. The van der Waals surface area contributed by atoms with Gasteiger partial charge in [0.15, 0.2) is 0 Å². The van der Waals surface area contributed by atoms with Crippen LogP contribution in [-0.2, 0) is 24.3 Å². The summed E-state index contributed by atoms with van der Waals surface area (Å²) in [5.74, 6) is -0.251. The summed E-state index contributed by atoms with van der Waals surface area (Å²) in [6, 6.07) is 9.86. The second-order valence-electron chi connectivity index (χ2n) is 6.38. The first-order valence-corrected chi connectivity index (χ1v) is 8.40. The standard InChI is InChI=1S/C18H22N4O3/c1-13(21-8-6-14-4-2-3-5-15(14)11-21)10-19-17(24)12-22-9-7-16(23)20-18(22)25/h2-5,7,9,13H,6,8,10-12H2,1H3,(H,19,24)(H,20,23,25)/t13-/m1/s1. The molecule has 1 aliphatic rings. The number of hydrogen-bond donors (Lipinski definition) is 2. The van der Waals surface area contributed by atoms with Crippen molar-refractivity contribution in [1.82, 2.24) is 19.8 Å². The van der Waals surface area contributed by atoms with E-state index in [1.807, 2.05) is 0 Å². The molecule has 0 fully saturated rings. The number of nitrogens with zero attached hydrogens (tertiary/aromatic N) is 2. The lowest BCUT2D eigenvalue weighted by Crippen LogP contribution is -2.45. The Morgan fingerprint density at radius 1 is 1.24 bits per heavy atom. The van der Waals surface area contributed by atoms with Gasteiger partial charge in [0, 0.05) is 37.9 Å². The van der Waals surface area contributed by atoms with Crippen LogP contribution in [0, 0.1) is 0 Å². The van der Waals surface area contributed by atoms with Crippen molar-refractivity contribution in [2.75, 3.05) is 13.1 Å². The zero-order valence-electron chi connectivity index (χ0n) is 14.2. The van der Waals surface area contributed by atoms with Gasteiger partial charge in [-0.2, -0.15) is 0 Å². The molecule has 1 aromatic carbocycles. The van der Waals surface area contributed by atoms with E-state index >= 15 is 0 Å². The van der Waals surface area contributed by atoms with Gasteiger partial charge in [0.1, 0.15) is 6.54 Å². The summed E-state index contributed by atoms with van der Waals surface area (Å²) in [5.41, 5.74) is 1.68. The van der Waals surface area contributed by atoms with Gasteiger partial charge in [0.05, 0.1) is 0 Å². The molecule has 0 saturated carbocycles. The summed E-state index contributed by atoms with van der Waals surface area (Å²) >= 11 is 0. The Bertz CT molecular complexity index is 871. The Labute approximate surface area is 145 Å². The minimum absolute atomic E-state index is 0.106. The molecular weight excluding hydrogens is 320 g/mol. The predicted octanol–water partition coefficient (Wildman–Crippen LogP) is 0.0996. The first kappa shape index (κ1) is 17.2.